The van der Waals surface area contributed by atoms with Crippen molar-refractivity contribution in [2.75, 3.05) is 0 Å². The molecular weight excluding hydrogens is 215 g/mol. The molecule has 1 fully saturated rings. The highest BCUT2D eigenvalue weighted by Gasteiger charge is 2.26. The number of carbonyl (C=O) groups is 1. The summed E-state index contributed by atoms with van der Waals surface area (Å²) in [6, 6.07) is 5.05. The molecule has 1 nitrogen and oxygen atoms in total. The van der Waals surface area contributed by atoms with Gasteiger partial charge in [-0.1, -0.05) is 12.1 Å². The van der Waals surface area contributed by atoms with E-state index >= 15 is 0 Å². The maximum absolute atomic E-state index is 13.3. The molecule has 0 N–H and O–H groups in total. The van der Waals surface area contributed by atoms with Crippen molar-refractivity contribution in [1.82, 2.24) is 0 Å². The Labute approximate surface area is 100 Å². The highest BCUT2D eigenvalue weighted by atomic mass is 19.1. The van der Waals surface area contributed by atoms with Gasteiger partial charge in [0.1, 0.15) is 11.6 Å². The van der Waals surface area contributed by atoms with Crippen molar-refractivity contribution in [2.24, 2.45) is 5.92 Å². The molecule has 0 aliphatic heterocycles. The second-order valence-electron chi connectivity index (χ2n) is 4.98. The predicted molar refractivity (Wildman–Crippen MR) is 65.0 cm³/mol. The van der Waals surface area contributed by atoms with Gasteiger partial charge in [0.05, 0.1) is 0 Å². The number of fused-ring (bicyclic) bond motifs is 1. The van der Waals surface area contributed by atoms with E-state index in [1.807, 2.05) is 6.07 Å². The highest BCUT2D eigenvalue weighted by molar-refractivity contribution is 5.81. The van der Waals surface area contributed by atoms with Gasteiger partial charge in [0.2, 0.25) is 0 Å². The van der Waals surface area contributed by atoms with Gasteiger partial charge in [-0.3, -0.25) is 4.79 Å². The molecule has 1 aromatic rings. The van der Waals surface area contributed by atoms with Crippen LogP contribution in [0.25, 0.3) is 5.57 Å². The average Bonchev–Trinajstić information content (AvgIpc) is 2.73. The van der Waals surface area contributed by atoms with Crippen molar-refractivity contribution >= 4 is 11.4 Å². The van der Waals surface area contributed by atoms with Crippen LogP contribution in [0.4, 0.5) is 4.39 Å². The largest absolute Gasteiger partial charge is 0.300 e. The first-order valence-electron chi connectivity index (χ1n) is 6.24. The maximum Gasteiger partial charge on any atom is 0.132 e. The van der Waals surface area contributed by atoms with Gasteiger partial charge >= 0.3 is 0 Å². The van der Waals surface area contributed by atoms with E-state index in [9.17, 15) is 9.18 Å². The molecule has 0 amide bonds. The van der Waals surface area contributed by atoms with Gasteiger partial charge in [0.25, 0.3) is 0 Å². The summed E-state index contributed by atoms with van der Waals surface area (Å²) in [6.45, 7) is 0. The molecule has 0 spiro atoms. The van der Waals surface area contributed by atoms with Gasteiger partial charge in [-0.25, -0.2) is 4.39 Å². The lowest BCUT2D eigenvalue weighted by Crippen LogP contribution is -2.14. The molecule has 0 radical (unpaired) electrons. The van der Waals surface area contributed by atoms with Gasteiger partial charge in [-0.15, -0.1) is 0 Å². The Morgan fingerprint density at radius 3 is 2.71 bits per heavy atom. The number of allylic oxidation sites excluding steroid dienone is 2. The monoisotopic (exact) mass is 230 g/mol. The fourth-order valence-corrected chi connectivity index (χ4v) is 2.96. The normalized spacial score (nSPS) is 20.3. The zero-order valence-corrected chi connectivity index (χ0v) is 9.71. The van der Waals surface area contributed by atoms with Crippen LogP contribution in [0, 0.1) is 11.7 Å². The van der Waals surface area contributed by atoms with Crippen molar-refractivity contribution in [3.63, 3.8) is 0 Å². The Kier molecular flexibility index (Phi) is 2.58. The Morgan fingerprint density at radius 1 is 1.18 bits per heavy atom. The van der Waals surface area contributed by atoms with Crippen LogP contribution in [0.15, 0.2) is 24.3 Å². The molecule has 0 saturated heterocycles. The first kappa shape index (κ1) is 10.7. The van der Waals surface area contributed by atoms with Crippen molar-refractivity contribution in [1.29, 1.82) is 0 Å². The minimum atomic E-state index is -0.163. The Morgan fingerprint density at radius 2 is 1.94 bits per heavy atom. The first-order valence-corrected chi connectivity index (χ1v) is 6.24. The van der Waals surface area contributed by atoms with Gasteiger partial charge in [0, 0.05) is 12.8 Å². The van der Waals surface area contributed by atoms with E-state index in [-0.39, 0.29) is 5.82 Å². The van der Waals surface area contributed by atoms with Crippen molar-refractivity contribution in [3.05, 3.63) is 41.2 Å². The Balaban J connectivity index is 1.87. The van der Waals surface area contributed by atoms with Crippen molar-refractivity contribution in [3.8, 4) is 0 Å². The number of hydrogen-bond acceptors (Lipinski definition) is 1. The summed E-state index contributed by atoms with van der Waals surface area (Å²) in [5.74, 6) is 0.665. The van der Waals surface area contributed by atoms with Crippen LogP contribution >= 0.6 is 0 Å². The fourth-order valence-electron chi connectivity index (χ4n) is 2.96. The van der Waals surface area contributed by atoms with E-state index in [0.717, 1.165) is 24.8 Å². The third-order valence-electron chi connectivity index (χ3n) is 3.91. The third-order valence-corrected chi connectivity index (χ3v) is 3.91. The molecule has 0 atom stereocenters. The number of carbonyl (C=O) groups excluding carboxylic acids is 1. The summed E-state index contributed by atoms with van der Waals surface area (Å²) in [5, 5.41) is 0. The smallest absolute Gasteiger partial charge is 0.132 e. The summed E-state index contributed by atoms with van der Waals surface area (Å²) in [7, 11) is 0. The minimum absolute atomic E-state index is 0.163. The number of Topliss-reactive ketones (excluding diaryl/α,β-unsaturated/α-hetero) is 1. The zero-order chi connectivity index (χ0) is 11.8. The molecule has 1 saturated carbocycles. The third kappa shape index (κ3) is 1.92. The predicted octanol–water partition coefficient (Wildman–Crippen LogP) is 3.52. The maximum atomic E-state index is 13.3. The minimum Gasteiger partial charge on any atom is -0.300 e. The first-order chi connectivity index (χ1) is 8.24. The van der Waals surface area contributed by atoms with E-state index in [1.165, 1.54) is 17.2 Å². The van der Waals surface area contributed by atoms with E-state index in [0.29, 0.717) is 24.5 Å². The summed E-state index contributed by atoms with van der Waals surface area (Å²) >= 11 is 0. The lowest BCUT2D eigenvalue weighted by molar-refractivity contribution is -0.120. The van der Waals surface area contributed by atoms with Crippen LogP contribution < -0.4 is 0 Å². The van der Waals surface area contributed by atoms with Gasteiger partial charge < -0.3 is 0 Å². The second-order valence-corrected chi connectivity index (χ2v) is 4.98. The van der Waals surface area contributed by atoms with E-state index in [2.05, 4.69) is 6.08 Å². The van der Waals surface area contributed by atoms with E-state index in [1.54, 1.807) is 6.07 Å². The van der Waals surface area contributed by atoms with Crippen molar-refractivity contribution < 1.29 is 9.18 Å². The lowest BCUT2D eigenvalue weighted by Gasteiger charge is -2.23. The van der Waals surface area contributed by atoms with Gasteiger partial charge in [0.15, 0.2) is 0 Å². The zero-order valence-electron chi connectivity index (χ0n) is 9.71. The molecule has 0 bridgehead atoms. The summed E-state index contributed by atoms with van der Waals surface area (Å²) in [4.78, 5) is 11.2. The van der Waals surface area contributed by atoms with Crippen LogP contribution in [0.1, 0.15) is 36.8 Å². The number of halogens is 1. The number of benzene rings is 1. The fraction of sp³-hybridized carbons (Fsp3) is 0.400. The lowest BCUT2D eigenvalue weighted by atomic mass is 9.81. The Hall–Kier alpha value is -1.44. The molecule has 88 valence electrons. The molecule has 0 aromatic heterocycles. The molecular formula is C15H15FO. The molecule has 17 heavy (non-hydrogen) atoms. The average molecular weight is 230 g/mol. The number of hydrogen-bond donors (Lipinski definition) is 0. The van der Waals surface area contributed by atoms with Gasteiger partial charge in [-0.05, 0) is 54.0 Å². The molecule has 1 aromatic carbocycles. The van der Waals surface area contributed by atoms with Crippen LogP contribution in [-0.4, -0.2) is 5.78 Å². The van der Waals surface area contributed by atoms with Crippen LogP contribution in [-0.2, 0) is 11.2 Å². The second kappa shape index (κ2) is 4.10. The quantitative estimate of drug-likeness (QED) is 0.721. The number of ketones is 1. The summed E-state index contributed by atoms with van der Waals surface area (Å²) in [5.41, 5.74) is 3.56. The van der Waals surface area contributed by atoms with Crippen LogP contribution in [0.3, 0.4) is 0 Å². The van der Waals surface area contributed by atoms with E-state index < -0.39 is 0 Å². The number of rotatable bonds is 1. The van der Waals surface area contributed by atoms with Crippen LogP contribution in [0.2, 0.25) is 0 Å². The molecule has 2 aliphatic rings. The Bertz CT molecular complexity index is 492. The van der Waals surface area contributed by atoms with E-state index in [4.69, 9.17) is 0 Å². The molecule has 0 unspecified atom stereocenters. The van der Waals surface area contributed by atoms with Crippen molar-refractivity contribution in [2.45, 2.75) is 32.1 Å². The van der Waals surface area contributed by atoms with Gasteiger partial charge in [-0.2, -0.15) is 0 Å². The SMILES string of the molecule is O=C1CCC(C2=CCc3ccc(F)cc32)CC1. The summed E-state index contributed by atoms with van der Waals surface area (Å²) < 4.78 is 13.3. The molecule has 3 rings (SSSR count). The highest BCUT2D eigenvalue weighted by Crippen LogP contribution is 2.39. The molecule has 2 aliphatic carbocycles. The topological polar surface area (TPSA) is 17.1 Å². The van der Waals surface area contributed by atoms with Crippen LogP contribution in [0.5, 0.6) is 0 Å². The standard InChI is InChI=1S/C15H15FO/c16-12-5-1-11-4-8-14(15(11)9-12)10-2-6-13(17)7-3-10/h1,5,8-10H,2-4,6-7H2. The molecule has 2 heteroatoms. The molecule has 0 heterocycles. The summed E-state index contributed by atoms with van der Waals surface area (Å²) in [6.07, 6.45) is 6.36.